The van der Waals surface area contributed by atoms with E-state index in [0.29, 0.717) is 12.1 Å². The lowest BCUT2D eigenvalue weighted by Gasteiger charge is -2.29. The van der Waals surface area contributed by atoms with Crippen LogP contribution in [0, 0.1) is 0 Å². The first-order valence-corrected chi connectivity index (χ1v) is 9.35. The van der Waals surface area contributed by atoms with E-state index < -0.39 is 5.97 Å². The predicted octanol–water partition coefficient (Wildman–Crippen LogP) is 3.56. The first-order chi connectivity index (χ1) is 13.6. The van der Waals surface area contributed by atoms with Gasteiger partial charge in [-0.25, -0.2) is 4.79 Å². The number of para-hydroxylation sites is 2. The van der Waals surface area contributed by atoms with Gasteiger partial charge in [0.05, 0.1) is 22.3 Å². The number of pyridine rings is 1. The maximum atomic E-state index is 13.3. The fourth-order valence-corrected chi connectivity index (χ4v) is 3.74. The van der Waals surface area contributed by atoms with Gasteiger partial charge in [-0.2, -0.15) is 0 Å². The summed E-state index contributed by atoms with van der Waals surface area (Å²) in [6.07, 6.45) is 0.792. The van der Waals surface area contributed by atoms with Crippen LogP contribution in [0.15, 0.2) is 48.5 Å². The van der Waals surface area contributed by atoms with Gasteiger partial charge in [0, 0.05) is 36.2 Å². The third kappa shape index (κ3) is 3.23. The minimum atomic E-state index is -1.07. The Labute approximate surface area is 162 Å². The summed E-state index contributed by atoms with van der Waals surface area (Å²) in [5, 5.41) is 13.0. The fourth-order valence-electron chi connectivity index (χ4n) is 3.74. The number of carboxylic acids is 1. The first-order valence-electron chi connectivity index (χ1n) is 9.35. The second kappa shape index (κ2) is 7.40. The number of fused-ring (bicyclic) bond motifs is 2. The minimum Gasteiger partial charge on any atom is -0.478 e. The summed E-state index contributed by atoms with van der Waals surface area (Å²) < 4.78 is 0. The van der Waals surface area contributed by atoms with Crippen molar-refractivity contribution in [2.75, 3.05) is 18.4 Å². The lowest BCUT2D eigenvalue weighted by molar-refractivity contribution is 0.0698. The number of hydrogen-bond acceptors (Lipinski definition) is 4. The van der Waals surface area contributed by atoms with Crippen molar-refractivity contribution in [3.05, 3.63) is 70.9 Å². The zero-order valence-corrected chi connectivity index (χ0v) is 15.6. The maximum absolute atomic E-state index is 13.3. The molecule has 1 aliphatic heterocycles. The van der Waals surface area contributed by atoms with Crippen LogP contribution in [-0.4, -0.2) is 40.0 Å². The molecular formula is C22H21N3O3. The molecule has 0 spiro atoms. The number of rotatable bonds is 4. The van der Waals surface area contributed by atoms with Crippen molar-refractivity contribution in [3.63, 3.8) is 0 Å². The molecule has 142 valence electrons. The number of benzene rings is 2. The zero-order valence-electron chi connectivity index (χ0n) is 15.6. The standard InChI is InChI=1S/C22H21N3O3/c1-2-25-12-11-19-16(13-25)20(14-7-3-5-9-17(14)23-19)21(26)24-18-10-6-4-8-15(18)22(27)28/h3-10H,2,11-13H2,1H3,(H,24,26)(H,27,28). The van der Waals surface area contributed by atoms with Gasteiger partial charge in [-0.15, -0.1) is 0 Å². The number of aromatic nitrogens is 1. The molecule has 2 N–H and O–H groups in total. The number of aromatic carboxylic acids is 1. The van der Waals surface area contributed by atoms with Gasteiger partial charge in [-0.3, -0.25) is 14.7 Å². The molecule has 0 bridgehead atoms. The SMILES string of the molecule is CCN1CCc2nc3ccccc3c(C(=O)Nc3ccccc3C(=O)O)c2C1. The van der Waals surface area contributed by atoms with Crippen LogP contribution in [-0.2, 0) is 13.0 Å². The molecule has 0 unspecified atom stereocenters. The summed E-state index contributed by atoms with van der Waals surface area (Å²) in [4.78, 5) is 31.9. The molecule has 1 aromatic heterocycles. The zero-order chi connectivity index (χ0) is 19.7. The first kappa shape index (κ1) is 18.1. The normalized spacial score (nSPS) is 13.9. The molecule has 0 fully saturated rings. The van der Waals surface area contributed by atoms with Crippen molar-refractivity contribution < 1.29 is 14.7 Å². The van der Waals surface area contributed by atoms with Crippen LogP contribution < -0.4 is 5.32 Å². The molecule has 2 aromatic carbocycles. The van der Waals surface area contributed by atoms with Crippen molar-refractivity contribution in [1.82, 2.24) is 9.88 Å². The average Bonchev–Trinajstić information content (AvgIpc) is 2.71. The van der Waals surface area contributed by atoms with Gasteiger partial charge < -0.3 is 10.4 Å². The van der Waals surface area contributed by atoms with E-state index in [0.717, 1.165) is 41.7 Å². The summed E-state index contributed by atoms with van der Waals surface area (Å²) in [5.41, 5.74) is 3.59. The van der Waals surface area contributed by atoms with Gasteiger partial charge in [-0.05, 0) is 24.7 Å². The third-order valence-electron chi connectivity index (χ3n) is 5.21. The average molecular weight is 375 g/mol. The molecule has 28 heavy (non-hydrogen) atoms. The Hall–Kier alpha value is -3.25. The Morgan fingerprint density at radius 2 is 1.89 bits per heavy atom. The number of amides is 1. The molecule has 3 aromatic rings. The van der Waals surface area contributed by atoms with Crippen LogP contribution in [0.5, 0.6) is 0 Å². The minimum absolute atomic E-state index is 0.0678. The van der Waals surface area contributed by atoms with Crippen LogP contribution in [0.4, 0.5) is 5.69 Å². The Morgan fingerprint density at radius 3 is 2.68 bits per heavy atom. The lowest BCUT2D eigenvalue weighted by Crippen LogP contribution is -2.33. The molecule has 0 atom stereocenters. The van der Waals surface area contributed by atoms with Gasteiger partial charge in [-0.1, -0.05) is 37.3 Å². The van der Waals surface area contributed by atoms with Crippen molar-refractivity contribution in [3.8, 4) is 0 Å². The topological polar surface area (TPSA) is 82.5 Å². The van der Waals surface area contributed by atoms with Gasteiger partial charge in [0.1, 0.15) is 0 Å². The quantitative estimate of drug-likeness (QED) is 0.729. The summed E-state index contributed by atoms with van der Waals surface area (Å²) >= 11 is 0. The highest BCUT2D eigenvalue weighted by Crippen LogP contribution is 2.29. The number of anilines is 1. The number of likely N-dealkylation sites (N-methyl/N-ethyl adjacent to an activating group) is 1. The molecule has 0 aliphatic carbocycles. The van der Waals surface area contributed by atoms with E-state index in [1.54, 1.807) is 18.2 Å². The number of carbonyl (C=O) groups is 2. The molecule has 6 nitrogen and oxygen atoms in total. The largest absolute Gasteiger partial charge is 0.478 e. The molecule has 0 radical (unpaired) electrons. The van der Waals surface area contributed by atoms with E-state index in [4.69, 9.17) is 4.98 Å². The Balaban J connectivity index is 1.83. The summed E-state index contributed by atoms with van der Waals surface area (Å²) in [6, 6.07) is 14.0. The number of nitrogens with zero attached hydrogens (tertiary/aromatic N) is 2. The number of carboxylic acid groups (broad SMARTS) is 1. The molecule has 0 saturated carbocycles. The van der Waals surface area contributed by atoms with Crippen molar-refractivity contribution in [2.45, 2.75) is 19.9 Å². The molecule has 1 aliphatic rings. The number of nitrogens with one attached hydrogen (secondary N) is 1. The second-order valence-corrected chi connectivity index (χ2v) is 6.85. The van der Waals surface area contributed by atoms with E-state index in [1.165, 1.54) is 6.07 Å². The third-order valence-corrected chi connectivity index (χ3v) is 5.21. The monoisotopic (exact) mass is 375 g/mol. The van der Waals surface area contributed by atoms with Gasteiger partial charge >= 0.3 is 5.97 Å². The Bertz CT molecular complexity index is 1080. The second-order valence-electron chi connectivity index (χ2n) is 6.85. The van der Waals surface area contributed by atoms with Crippen LogP contribution in [0.3, 0.4) is 0 Å². The predicted molar refractivity (Wildman–Crippen MR) is 108 cm³/mol. The highest BCUT2D eigenvalue weighted by molar-refractivity contribution is 6.15. The smallest absolute Gasteiger partial charge is 0.337 e. The lowest BCUT2D eigenvalue weighted by atomic mass is 9.95. The highest BCUT2D eigenvalue weighted by atomic mass is 16.4. The molecule has 1 amide bonds. The number of hydrogen-bond donors (Lipinski definition) is 2. The van der Waals surface area contributed by atoms with E-state index >= 15 is 0 Å². The maximum Gasteiger partial charge on any atom is 0.337 e. The molecule has 6 heteroatoms. The highest BCUT2D eigenvalue weighted by Gasteiger charge is 2.26. The summed E-state index contributed by atoms with van der Waals surface area (Å²) in [5.74, 6) is -1.38. The van der Waals surface area contributed by atoms with Gasteiger partial charge in [0.25, 0.3) is 5.91 Å². The molecule has 0 saturated heterocycles. The van der Waals surface area contributed by atoms with E-state index in [1.807, 2.05) is 24.3 Å². The van der Waals surface area contributed by atoms with Gasteiger partial charge in [0.2, 0.25) is 0 Å². The summed E-state index contributed by atoms with van der Waals surface area (Å²) in [6.45, 7) is 4.57. The van der Waals surface area contributed by atoms with E-state index in [2.05, 4.69) is 17.1 Å². The van der Waals surface area contributed by atoms with E-state index in [9.17, 15) is 14.7 Å². The fraction of sp³-hybridized carbons (Fsp3) is 0.227. The van der Waals surface area contributed by atoms with Crippen LogP contribution in [0.2, 0.25) is 0 Å². The molecular weight excluding hydrogens is 354 g/mol. The van der Waals surface area contributed by atoms with Crippen molar-refractivity contribution in [2.24, 2.45) is 0 Å². The van der Waals surface area contributed by atoms with Crippen molar-refractivity contribution in [1.29, 1.82) is 0 Å². The van der Waals surface area contributed by atoms with Crippen molar-refractivity contribution >= 4 is 28.5 Å². The van der Waals surface area contributed by atoms with Crippen LogP contribution in [0.1, 0.15) is 38.9 Å². The van der Waals surface area contributed by atoms with Gasteiger partial charge in [0.15, 0.2) is 0 Å². The Morgan fingerprint density at radius 1 is 1.14 bits per heavy atom. The number of carbonyl (C=O) groups excluding carboxylic acids is 1. The van der Waals surface area contributed by atoms with E-state index in [-0.39, 0.29) is 17.2 Å². The molecule has 2 heterocycles. The summed E-state index contributed by atoms with van der Waals surface area (Å²) in [7, 11) is 0. The molecule has 4 rings (SSSR count). The van der Waals surface area contributed by atoms with Crippen LogP contribution in [0.25, 0.3) is 10.9 Å². The Kier molecular flexibility index (Phi) is 4.79. The van der Waals surface area contributed by atoms with Crippen LogP contribution >= 0.6 is 0 Å².